The van der Waals surface area contributed by atoms with Gasteiger partial charge in [0.15, 0.2) is 0 Å². The zero-order valence-corrected chi connectivity index (χ0v) is 19.8. The summed E-state index contributed by atoms with van der Waals surface area (Å²) in [5.74, 6) is -1.40. The minimum absolute atomic E-state index is 0.0120. The number of methoxy groups -OCH3 is 1. The van der Waals surface area contributed by atoms with Crippen LogP contribution in [-0.4, -0.2) is 30.2 Å². The zero-order chi connectivity index (χ0) is 24.2. The quantitative estimate of drug-likeness (QED) is 0.455. The molecule has 0 bridgehead atoms. The van der Waals surface area contributed by atoms with Crippen LogP contribution < -0.4 is 5.32 Å². The van der Waals surface area contributed by atoms with Crippen molar-refractivity contribution in [2.24, 2.45) is 5.92 Å². The van der Waals surface area contributed by atoms with Crippen LogP contribution in [0.15, 0.2) is 53.1 Å². The van der Waals surface area contributed by atoms with Gasteiger partial charge in [0, 0.05) is 6.04 Å². The number of carbonyl (C=O) groups is 2. The molecule has 178 valence electrons. The Labute approximate surface area is 202 Å². The van der Waals surface area contributed by atoms with Gasteiger partial charge >= 0.3 is 5.97 Å². The van der Waals surface area contributed by atoms with Crippen LogP contribution >= 0.6 is 11.6 Å². The van der Waals surface area contributed by atoms with Crippen LogP contribution in [0.2, 0.25) is 5.02 Å². The monoisotopic (exact) mass is 484 g/mol. The molecule has 34 heavy (non-hydrogen) atoms. The van der Waals surface area contributed by atoms with Crippen molar-refractivity contribution in [2.45, 2.75) is 44.6 Å². The highest BCUT2D eigenvalue weighted by atomic mass is 35.5. The van der Waals surface area contributed by atoms with E-state index in [1.807, 2.05) is 30.3 Å². The Hall–Kier alpha value is -3.19. The Morgan fingerprint density at radius 3 is 2.65 bits per heavy atom. The average molecular weight is 485 g/mol. The highest BCUT2D eigenvalue weighted by Crippen LogP contribution is 2.38. The highest BCUT2D eigenvalue weighted by Gasteiger charge is 2.36. The van der Waals surface area contributed by atoms with Crippen molar-refractivity contribution in [3.05, 3.63) is 76.3 Å². The van der Waals surface area contributed by atoms with Crippen molar-refractivity contribution >= 4 is 23.5 Å². The lowest BCUT2D eigenvalue weighted by Gasteiger charge is -2.34. The Bertz CT molecular complexity index is 1160. The van der Waals surface area contributed by atoms with Crippen LogP contribution in [0.5, 0.6) is 0 Å². The van der Waals surface area contributed by atoms with E-state index < -0.39 is 17.6 Å². The lowest BCUT2D eigenvalue weighted by Crippen LogP contribution is -2.40. The predicted molar refractivity (Wildman–Crippen MR) is 126 cm³/mol. The van der Waals surface area contributed by atoms with E-state index in [1.165, 1.54) is 25.3 Å². The van der Waals surface area contributed by atoms with E-state index in [4.69, 9.17) is 20.9 Å². The number of amides is 1. The van der Waals surface area contributed by atoms with Gasteiger partial charge in [-0.15, -0.1) is 0 Å². The van der Waals surface area contributed by atoms with Crippen LogP contribution in [0.1, 0.15) is 53.3 Å². The van der Waals surface area contributed by atoms with E-state index in [9.17, 15) is 14.0 Å². The summed E-state index contributed by atoms with van der Waals surface area (Å²) in [6, 6.07) is 13.7. The van der Waals surface area contributed by atoms with E-state index in [1.54, 1.807) is 6.92 Å². The van der Waals surface area contributed by atoms with E-state index in [0.29, 0.717) is 6.42 Å². The molecule has 1 aromatic heterocycles. The van der Waals surface area contributed by atoms with Crippen molar-refractivity contribution in [2.75, 3.05) is 7.11 Å². The van der Waals surface area contributed by atoms with Gasteiger partial charge in [-0.25, -0.2) is 4.39 Å². The van der Waals surface area contributed by atoms with E-state index in [2.05, 4.69) is 10.5 Å². The fourth-order valence-electron chi connectivity index (χ4n) is 4.84. The van der Waals surface area contributed by atoms with Gasteiger partial charge in [0.25, 0.3) is 5.91 Å². The highest BCUT2D eigenvalue weighted by molar-refractivity contribution is 6.33. The second-order valence-electron chi connectivity index (χ2n) is 8.57. The van der Waals surface area contributed by atoms with E-state index >= 15 is 0 Å². The first kappa shape index (κ1) is 24.0. The molecule has 1 N–H and O–H groups in total. The first-order valence-electron chi connectivity index (χ1n) is 11.2. The molecule has 1 fully saturated rings. The maximum absolute atomic E-state index is 14.5. The molecule has 1 aliphatic carbocycles. The molecule has 0 aliphatic heterocycles. The molecular formula is C26H26ClFN2O4. The molecule has 1 amide bonds. The number of aromatic nitrogens is 1. The molecule has 3 atom stereocenters. The summed E-state index contributed by atoms with van der Waals surface area (Å²) in [6.07, 6.45) is 3.08. The first-order chi connectivity index (χ1) is 16.4. The number of esters is 1. The summed E-state index contributed by atoms with van der Waals surface area (Å²) in [4.78, 5) is 25.9. The molecule has 2 aromatic carbocycles. The number of rotatable bonds is 6. The Morgan fingerprint density at radius 2 is 1.94 bits per heavy atom. The number of halogens is 2. The topological polar surface area (TPSA) is 81.4 Å². The third kappa shape index (κ3) is 4.85. The van der Waals surface area contributed by atoms with E-state index in [0.717, 1.165) is 24.8 Å². The molecule has 8 heteroatoms. The molecular weight excluding hydrogens is 459 g/mol. The van der Waals surface area contributed by atoms with Gasteiger partial charge in [-0.1, -0.05) is 59.6 Å². The molecule has 6 nitrogen and oxygen atoms in total. The van der Waals surface area contributed by atoms with Gasteiger partial charge in [-0.3, -0.25) is 9.59 Å². The van der Waals surface area contributed by atoms with Crippen molar-refractivity contribution in [1.82, 2.24) is 10.5 Å². The smallest absolute Gasteiger partial charge is 0.313 e. The second kappa shape index (κ2) is 10.4. The number of nitrogens with zero attached hydrogens (tertiary/aromatic N) is 1. The van der Waals surface area contributed by atoms with Gasteiger partial charge in [-0.2, -0.15) is 0 Å². The van der Waals surface area contributed by atoms with Crippen LogP contribution in [0, 0.1) is 18.7 Å². The minimum Gasteiger partial charge on any atom is -0.469 e. The largest absolute Gasteiger partial charge is 0.469 e. The summed E-state index contributed by atoms with van der Waals surface area (Å²) < 4.78 is 24.9. The summed E-state index contributed by atoms with van der Waals surface area (Å²) in [5.41, 5.74) is 1.16. The van der Waals surface area contributed by atoms with Crippen molar-refractivity contribution in [3.8, 4) is 11.3 Å². The Kier molecular flexibility index (Phi) is 7.32. The zero-order valence-electron chi connectivity index (χ0n) is 19.0. The molecule has 0 spiro atoms. The molecule has 1 heterocycles. The van der Waals surface area contributed by atoms with E-state index in [-0.39, 0.29) is 45.5 Å². The number of ether oxygens (including phenoxy) is 1. The van der Waals surface area contributed by atoms with Crippen molar-refractivity contribution < 1.29 is 23.2 Å². The molecule has 1 unspecified atom stereocenters. The summed E-state index contributed by atoms with van der Waals surface area (Å²) in [7, 11) is 1.39. The van der Waals surface area contributed by atoms with Crippen LogP contribution in [0.3, 0.4) is 0 Å². The van der Waals surface area contributed by atoms with Gasteiger partial charge in [0.2, 0.25) is 0 Å². The molecule has 4 rings (SSSR count). The molecule has 1 aliphatic rings. The second-order valence-corrected chi connectivity index (χ2v) is 8.97. The SMILES string of the molecule is COC(=O)C(c1ccccc1)[C@@H]1CCC[C@H](NC(=O)c2c(-c3c(F)cccc3Cl)noc2C)C1. The fourth-order valence-corrected chi connectivity index (χ4v) is 5.09. The Balaban J connectivity index is 1.56. The van der Waals surface area contributed by atoms with Crippen LogP contribution in [-0.2, 0) is 9.53 Å². The maximum Gasteiger partial charge on any atom is 0.313 e. The number of aryl methyl sites for hydroxylation is 1. The molecule has 3 aromatic rings. The summed E-state index contributed by atoms with van der Waals surface area (Å²) >= 11 is 6.20. The molecule has 1 saturated carbocycles. The number of benzene rings is 2. The van der Waals surface area contributed by atoms with Gasteiger partial charge in [-0.05, 0) is 49.8 Å². The van der Waals surface area contributed by atoms with Gasteiger partial charge in [0.05, 0.1) is 23.6 Å². The molecule has 0 saturated heterocycles. The van der Waals surface area contributed by atoms with Crippen molar-refractivity contribution in [3.63, 3.8) is 0 Å². The normalized spacial score (nSPS) is 18.8. The first-order valence-corrected chi connectivity index (χ1v) is 11.6. The van der Waals surface area contributed by atoms with Crippen LogP contribution in [0.4, 0.5) is 4.39 Å². The van der Waals surface area contributed by atoms with Crippen molar-refractivity contribution in [1.29, 1.82) is 0 Å². The lowest BCUT2D eigenvalue weighted by atomic mass is 9.75. The number of nitrogens with one attached hydrogen (secondary N) is 1. The Morgan fingerprint density at radius 1 is 1.18 bits per heavy atom. The predicted octanol–water partition coefficient (Wildman–Crippen LogP) is 5.69. The number of carbonyl (C=O) groups excluding carboxylic acids is 2. The summed E-state index contributed by atoms with van der Waals surface area (Å²) in [6.45, 7) is 1.60. The third-order valence-electron chi connectivity index (χ3n) is 6.42. The maximum atomic E-state index is 14.5. The summed E-state index contributed by atoms with van der Waals surface area (Å²) in [5, 5.41) is 7.11. The number of hydrogen-bond donors (Lipinski definition) is 1. The van der Waals surface area contributed by atoms with Gasteiger partial charge < -0.3 is 14.6 Å². The van der Waals surface area contributed by atoms with Gasteiger partial charge in [0.1, 0.15) is 22.8 Å². The fraction of sp³-hybridized carbons (Fsp3) is 0.346. The molecule has 0 radical (unpaired) electrons. The lowest BCUT2D eigenvalue weighted by molar-refractivity contribution is -0.144. The standard InChI is InChI=1S/C26H26ClFN2O4/c1-15-21(24(30-34-15)23-19(27)12-7-13-20(23)28)25(31)29-18-11-6-10-17(14-18)22(26(32)33-2)16-8-4-3-5-9-16/h3-5,7-9,12-13,17-18,22H,6,10-11,14H2,1-2H3,(H,29,31)/t17-,18+,22?/m1/s1. The third-order valence-corrected chi connectivity index (χ3v) is 6.74. The minimum atomic E-state index is -0.587. The van der Waals surface area contributed by atoms with Crippen LogP contribution in [0.25, 0.3) is 11.3 Å². The average Bonchev–Trinajstić information content (AvgIpc) is 3.21. The number of hydrogen-bond acceptors (Lipinski definition) is 5.